The van der Waals surface area contributed by atoms with Crippen molar-refractivity contribution in [3.63, 3.8) is 0 Å². The van der Waals surface area contributed by atoms with E-state index in [9.17, 15) is 9.59 Å². The van der Waals surface area contributed by atoms with E-state index >= 15 is 0 Å². The van der Waals surface area contributed by atoms with Crippen molar-refractivity contribution in [2.45, 2.75) is 25.4 Å². The number of fused-ring (bicyclic) bond motifs is 1. The molecule has 7 nitrogen and oxygen atoms in total. The van der Waals surface area contributed by atoms with Crippen molar-refractivity contribution in [2.24, 2.45) is 0 Å². The molecule has 2 aliphatic heterocycles. The van der Waals surface area contributed by atoms with Gasteiger partial charge in [-0.05, 0) is 19.1 Å². The van der Waals surface area contributed by atoms with E-state index < -0.39 is 5.66 Å². The molecule has 4 rings (SSSR count). The fourth-order valence-electron chi connectivity index (χ4n) is 3.60. The maximum atomic E-state index is 12.7. The highest BCUT2D eigenvalue weighted by Crippen LogP contribution is 2.35. The molecule has 2 aromatic rings. The van der Waals surface area contributed by atoms with E-state index in [1.165, 1.54) is 11.3 Å². The molecule has 2 aliphatic rings. The van der Waals surface area contributed by atoms with E-state index in [1.807, 2.05) is 23.8 Å². The summed E-state index contributed by atoms with van der Waals surface area (Å²) in [7, 11) is 1.95. The van der Waals surface area contributed by atoms with Gasteiger partial charge >= 0.3 is 0 Å². The van der Waals surface area contributed by atoms with Crippen LogP contribution in [0.25, 0.3) is 0 Å². The van der Waals surface area contributed by atoms with Gasteiger partial charge in [-0.2, -0.15) is 0 Å². The molecule has 0 bridgehead atoms. The number of rotatable bonds is 1. The molecule has 1 fully saturated rings. The van der Waals surface area contributed by atoms with Crippen LogP contribution < -0.4 is 10.2 Å². The molecule has 130 valence electrons. The largest absolute Gasteiger partial charge is 0.338 e. The molecule has 0 atom stereocenters. The minimum atomic E-state index is -0.488. The van der Waals surface area contributed by atoms with Crippen LogP contribution in [-0.4, -0.2) is 52.5 Å². The van der Waals surface area contributed by atoms with Gasteiger partial charge in [-0.25, -0.2) is 9.97 Å². The van der Waals surface area contributed by atoms with Crippen molar-refractivity contribution >= 4 is 29.0 Å². The molecular weight excluding hydrogens is 338 g/mol. The van der Waals surface area contributed by atoms with Gasteiger partial charge in [0.05, 0.1) is 16.8 Å². The number of piperidine rings is 1. The number of nitrogens with zero attached hydrogens (tertiary/aromatic N) is 4. The lowest BCUT2D eigenvalue weighted by Crippen LogP contribution is -2.67. The van der Waals surface area contributed by atoms with Gasteiger partial charge in [0, 0.05) is 39.2 Å². The van der Waals surface area contributed by atoms with Gasteiger partial charge < -0.3 is 15.1 Å². The van der Waals surface area contributed by atoms with Gasteiger partial charge in [0.15, 0.2) is 0 Å². The SMILES string of the molecule is Cc1ncsc1C(=O)N1CCC2(CC1)NC(=O)c1cccnc1N2C. The average Bonchev–Trinajstić information content (AvgIpc) is 3.06. The highest BCUT2D eigenvalue weighted by Gasteiger charge is 2.45. The summed E-state index contributed by atoms with van der Waals surface area (Å²) < 4.78 is 0. The number of anilines is 1. The first kappa shape index (κ1) is 16.0. The molecule has 0 aliphatic carbocycles. The fourth-order valence-corrected chi connectivity index (χ4v) is 4.37. The number of nitrogens with one attached hydrogen (secondary N) is 1. The highest BCUT2D eigenvalue weighted by molar-refractivity contribution is 7.11. The quantitative estimate of drug-likeness (QED) is 0.840. The summed E-state index contributed by atoms with van der Waals surface area (Å²) in [6.45, 7) is 3.03. The Hall–Kier alpha value is -2.48. The molecule has 0 unspecified atom stereocenters. The molecule has 1 spiro atoms. The molecule has 1 saturated heterocycles. The Labute approximate surface area is 149 Å². The summed E-state index contributed by atoms with van der Waals surface area (Å²) in [5.41, 5.74) is 2.58. The number of hydrogen-bond acceptors (Lipinski definition) is 6. The first-order chi connectivity index (χ1) is 12.0. The average molecular weight is 357 g/mol. The van der Waals surface area contributed by atoms with Crippen molar-refractivity contribution in [3.8, 4) is 0 Å². The lowest BCUT2D eigenvalue weighted by atomic mass is 9.91. The smallest absolute Gasteiger partial charge is 0.265 e. The number of carbonyl (C=O) groups is 2. The summed E-state index contributed by atoms with van der Waals surface area (Å²) >= 11 is 1.38. The van der Waals surface area contributed by atoms with E-state index in [2.05, 4.69) is 15.3 Å². The predicted octanol–water partition coefficient (Wildman–Crippen LogP) is 1.66. The molecule has 0 radical (unpaired) electrons. The van der Waals surface area contributed by atoms with E-state index in [0.29, 0.717) is 42.2 Å². The zero-order valence-electron chi connectivity index (χ0n) is 14.2. The van der Waals surface area contributed by atoms with Crippen molar-refractivity contribution in [1.29, 1.82) is 0 Å². The van der Waals surface area contributed by atoms with Gasteiger partial charge in [0.2, 0.25) is 0 Å². The number of amides is 2. The Morgan fingerprint density at radius 2 is 2.08 bits per heavy atom. The van der Waals surface area contributed by atoms with Crippen molar-refractivity contribution in [3.05, 3.63) is 40.0 Å². The van der Waals surface area contributed by atoms with Crippen LogP contribution in [0.5, 0.6) is 0 Å². The predicted molar refractivity (Wildman–Crippen MR) is 94.8 cm³/mol. The first-order valence-electron chi connectivity index (χ1n) is 8.22. The number of aryl methyl sites for hydroxylation is 1. The molecule has 8 heteroatoms. The second-order valence-corrected chi connectivity index (χ2v) is 7.33. The minimum absolute atomic E-state index is 0.0261. The summed E-state index contributed by atoms with van der Waals surface area (Å²) in [4.78, 5) is 38.3. The maximum absolute atomic E-state index is 12.7. The molecular formula is C17H19N5O2S. The second-order valence-electron chi connectivity index (χ2n) is 6.48. The van der Waals surface area contributed by atoms with Gasteiger partial charge in [0.1, 0.15) is 16.4 Å². The minimum Gasteiger partial charge on any atom is -0.338 e. The molecule has 4 heterocycles. The number of carbonyl (C=O) groups excluding carboxylic acids is 2. The van der Waals surface area contributed by atoms with E-state index in [0.717, 1.165) is 5.69 Å². The number of likely N-dealkylation sites (tertiary alicyclic amines) is 1. The van der Waals surface area contributed by atoms with Gasteiger partial charge in [-0.15, -0.1) is 11.3 Å². The lowest BCUT2D eigenvalue weighted by Gasteiger charge is -2.50. The van der Waals surface area contributed by atoms with Crippen LogP contribution in [0.3, 0.4) is 0 Å². The summed E-state index contributed by atoms with van der Waals surface area (Å²) in [6, 6.07) is 3.55. The van der Waals surface area contributed by atoms with Gasteiger partial charge in [-0.1, -0.05) is 0 Å². The van der Waals surface area contributed by atoms with Gasteiger partial charge in [-0.3, -0.25) is 9.59 Å². The van der Waals surface area contributed by atoms with Crippen LogP contribution >= 0.6 is 11.3 Å². The molecule has 2 aromatic heterocycles. The Balaban J connectivity index is 1.55. The van der Waals surface area contributed by atoms with E-state index in [1.54, 1.807) is 23.8 Å². The molecule has 1 N–H and O–H groups in total. The number of aromatic nitrogens is 2. The van der Waals surface area contributed by atoms with Crippen LogP contribution in [0.1, 0.15) is 38.6 Å². The Morgan fingerprint density at radius 1 is 1.32 bits per heavy atom. The van der Waals surface area contributed by atoms with Gasteiger partial charge in [0.25, 0.3) is 11.8 Å². The topological polar surface area (TPSA) is 78.4 Å². The fraction of sp³-hybridized carbons (Fsp3) is 0.412. The standard InChI is InChI=1S/C17H19N5O2S/c1-11-13(25-10-19-11)16(24)22-8-5-17(6-9-22)20-15(23)12-4-3-7-18-14(12)21(17)2/h3-4,7,10H,5-6,8-9H2,1-2H3,(H,20,23). The highest BCUT2D eigenvalue weighted by atomic mass is 32.1. The Bertz CT molecular complexity index is 841. The number of thiazole rings is 1. The zero-order valence-corrected chi connectivity index (χ0v) is 15.0. The second kappa shape index (κ2) is 5.80. The van der Waals surface area contributed by atoms with Crippen molar-refractivity contribution in [2.75, 3.05) is 25.0 Å². The summed E-state index contributed by atoms with van der Waals surface area (Å²) in [6.07, 6.45) is 3.02. The third-order valence-electron chi connectivity index (χ3n) is 5.15. The summed E-state index contributed by atoms with van der Waals surface area (Å²) in [5, 5.41) is 3.14. The van der Waals surface area contributed by atoms with Crippen LogP contribution in [0.15, 0.2) is 23.8 Å². The van der Waals surface area contributed by atoms with Crippen LogP contribution in [0.4, 0.5) is 5.82 Å². The number of pyridine rings is 1. The van der Waals surface area contributed by atoms with Crippen LogP contribution in [-0.2, 0) is 0 Å². The van der Waals surface area contributed by atoms with E-state index in [-0.39, 0.29) is 11.8 Å². The van der Waals surface area contributed by atoms with Crippen molar-refractivity contribution in [1.82, 2.24) is 20.2 Å². The molecule has 25 heavy (non-hydrogen) atoms. The molecule has 2 amide bonds. The van der Waals surface area contributed by atoms with E-state index in [4.69, 9.17) is 0 Å². The monoisotopic (exact) mass is 357 g/mol. The van der Waals surface area contributed by atoms with Crippen LogP contribution in [0, 0.1) is 6.92 Å². The first-order valence-corrected chi connectivity index (χ1v) is 9.10. The lowest BCUT2D eigenvalue weighted by molar-refractivity contribution is 0.0611. The maximum Gasteiger partial charge on any atom is 0.265 e. The number of hydrogen-bond donors (Lipinski definition) is 1. The van der Waals surface area contributed by atoms with Crippen LogP contribution in [0.2, 0.25) is 0 Å². The zero-order chi connectivity index (χ0) is 17.6. The molecule has 0 saturated carbocycles. The normalized spacial score (nSPS) is 18.9. The Morgan fingerprint density at radius 3 is 2.76 bits per heavy atom. The molecule has 0 aromatic carbocycles. The summed E-state index contributed by atoms with van der Waals surface area (Å²) in [5.74, 6) is 0.627. The third kappa shape index (κ3) is 2.48. The van der Waals surface area contributed by atoms with Crippen molar-refractivity contribution < 1.29 is 9.59 Å². The Kier molecular flexibility index (Phi) is 3.72. The third-order valence-corrected chi connectivity index (χ3v) is 6.07.